The van der Waals surface area contributed by atoms with Crippen molar-refractivity contribution in [2.75, 3.05) is 27.3 Å². The quantitative estimate of drug-likeness (QED) is 0.692. The van der Waals surface area contributed by atoms with Crippen LogP contribution in [0.1, 0.15) is 36.0 Å². The Labute approximate surface area is 177 Å². The Morgan fingerprint density at radius 2 is 1.80 bits per heavy atom. The second-order valence-corrected chi connectivity index (χ2v) is 8.45. The third-order valence-corrected chi connectivity index (χ3v) is 7.01. The van der Waals surface area contributed by atoms with Gasteiger partial charge >= 0.3 is 0 Å². The first kappa shape index (κ1) is 19.3. The molecule has 1 aromatic heterocycles. The van der Waals surface area contributed by atoms with Gasteiger partial charge in [-0.2, -0.15) is 0 Å². The van der Waals surface area contributed by atoms with Crippen LogP contribution in [0.5, 0.6) is 11.5 Å². The zero-order chi connectivity index (χ0) is 20.7. The highest BCUT2D eigenvalue weighted by molar-refractivity contribution is 5.84. The standard InChI is InChI=1S/C25H28N2O3/c1-29-18-5-3-16(4-6-18)22-15-27-12-10-17(22)13-24(27)25(28)20-9-11-26-23-8-7-19(30-2)14-21(20)23/h3-9,11,14,17,22,24-25,28H,10,12-13,15H2,1-2H3/t17?,22?,24?,25-/m1/s1. The molecule has 2 aromatic carbocycles. The molecule has 4 heterocycles. The Hall–Kier alpha value is -2.63. The molecule has 3 saturated heterocycles. The Balaban J connectivity index is 1.41. The monoisotopic (exact) mass is 404 g/mol. The Kier molecular flexibility index (Phi) is 5.09. The summed E-state index contributed by atoms with van der Waals surface area (Å²) in [6.07, 6.45) is 3.45. The second kappa shape index (κ2) is 7.89. The molecule has 0 aliphatic carbocycles. The lowest BCUT2D eigenvalue weighted by Gasteiger charge is -2.51. The van der Waals surface area contributed by atoms with Crippen LogP contribution in [-0.4, -0.2) is 48.3 Å². The average Bonchev–Trinajstić information content (AvgIpc) is 2.83. The lowest BCUT2D eigenvalue weighted by atomic mass is 9.71. The predicted molar refractivity (Wildman–Crippen MR) is 117 cm³/mol. The first-order valence-electron chi connectivity index (χ1n) is 10.7. The number of rotatable bonds is 5. The summed E-state index contributed by atoms with van der Waals surface area (Å²) in [4.78, 5) is 6.95. The number of aliphatic hydroxyl groups excluding tert-OH is 1. The van der Waals surface area contributed by atoms with Crippen LogP contribution in [-0.2, 0) is 0 Å². The summed E-state index contributed by atoms with van der Waals surface area (Å²) in [6.45, 7) is 2.04. The summed E-state index contributed by atoms with van der Waals surface area (Å²) >= 11 is 0. The summed E-state index contributed by atoms with van der Waals surface area (Å²) in [6, 6.07) is 16.4. The maximum Gasteiger partial charge on any atom is 0.119 e. The van der Waals surface area contributed by atoms with Crippen LogP contribution in [0, 0.1) is 5.92 Å². The number of benzene rings is 2. The first-order chi connectivity index (χ1) is 14.7. The number of hydrogen-bond acceptors (Lipinski definition) is 5. The molecule has 4 unspecified atom stereocenters. The van der Waals surface area contributed by atoms with E-state index in [1.165, 1.54) is 12.0 Å². The topological polar surface area (TPSA) is 54.8 Å². The number of aromatic nitrogens is 1. The lowest BCUT2D eigenvalue weighted by molar-refractivity contribution is -0.0374. The van der Waals surface area contributed by atoms with Crippen LogP contribution in [0.15, 0.2) is 54.7 Å². The van der Waals surface area contributed by atoms with E-state index in [1.807, 2.05) is 24.3 Å². The number of hydrogen-bond donors (Lipinski definition) is 1. The fourth-order valence-electron chi connectivity index (χ4n) is 5.36. The van der Waals surface area contributed by atoms with Gasteiger partial charge in [-0.25, -0.2) is 0 Å². The molecule has 5 heteroatoms. The van der Waals surface area contributed by atoms with E-state index in [0.29, 0.717) is 11.8 Å². The summed E-state index contributed by atoms with van der Waals surface area (Å²) in [7, 11) is 3.37. The fourth-order valence-corrected chi connectivity index (χ4v) is 5.36. The van der Waals surface area contributed by atoms with Crippen LogP contribution < -0.4 is 9.47 Å². The van der Waals surface area contributed by atoms with E-state index >= 15 is 0 Å². The molecule has 0 saturated carbocycles. The Morgan fingerprint density at radius 1 is 1.03 bits per heavy atom. The summed E-state index contributed by atoms with van der Waals surface area (Å²) < 4.78 is 10.7. The van der Waals surface area contributed by atoms with Crippen molar-refractivity contribution in [3.8, 4) is 11.5 Å². The molecule has 0 amide bonds. The van der Waals surface area contributed by atoms with Gasteiger partial charge in [0, 0.05) is 24.2 Å². The van der Waals surface area contributed by atoms with E-state index in [-0.39, 0.29) is 6.04 Å². The average molecular weight is 405 g/mol. The number of ether oxygens (including phenoxy) is 2. The van der Waals surface area contributed by atoms with Crippen LogP contribution in [0.4, 0.5) is 0 Å². The highest BCUT2D eigenvalue weighted by atomic mass is 16.5. The molecule has 5 nitrogen and oxygen atoms in total. The number of pyridine rings is 1. The number of piperidine rings is 3. The molecule has 3 aliphatic rings. The fraction of sp³-hybridized carbons (Fsp3) is 0.400. The SMILES string of the molecule is COc1ccc(C2CN3CCC2CC3[C@H](O)c2ccnc3ccc(OC)cc23)cc1. The largest absolute Gasteiger partial charge is 0.497 e. The zero-order valence-corrected chi connectivity index (χ0v) is 17.5. The van der Waals surface area contributed by atoms with Crippen molar-refractivity contribution in [2.24, 2.45) is 5.92 Å². The molecule has 156 valence electrons. The van der Waals surface area contributed by atoms with Crippen molar-refractivity contribution in [3.63, 3.8) is 0 Å². The van der Waals surface area contributed by atoms with Crippen LogP contribution in [0.25, 0.3) is 10.9 Å². The van der Waals surface area contributed by atoms with E-state index < -0.39 is 6.10 Å². The lowest BCUT2D eigenvalue weighted by Crippen LogP contribution is -2.54. The molecule has 3 fully saturated rings. The molecule has 0 spiro atoms. The molecule has 3 aliphatic heterocycles. The van der Waals surface area contributed by atoms with Crippen molar-refractivity contribution >= 4 is 10.9 Å². The molecular weight excluding hydrogens is 376 g/mol. The smallest absolute Gasteiger partial charge is 0.119 e. The maximum atomic E-state index is 11.4. The second-order valence-electron chi connectivity index (χ2n) is 8.45. The number of methoxy groups -OCH3 is 2. The van der Waals surface area contributed by atoms with E-state index in [1.54, 1.807) is 20.4 Å². The zero-order valence-electron chi connectivity index (χ0n) is 17.5. The minimum Gasteiger partial charge on any atom is -0.497 e. The summed E-state index contributed by atoms with van der Waals surface area (Å²) in [5.41, 5.74) is 3.20. The third-order valence-electron chi connectivity index (χ3n) is 7.01. The van der Waals surface area contributed by atoms with Crippen molar-refractivity contribution in [3.05, 3.63) is 65.9 Å². The van der Waals surface area contributed by atoms with Crippen LogP contribution >= 0.6 is 0 Å². The van der Waals surface area contributed by atoms with E-state index in [9.17, 15) is 5.11 Å². The van der Waals surface area contributed by atoms with Crippen LogP contribution in [0.2, 0.25) is 0 Å². The minimum absolute atomic E-state index is 0.134. The summed E-state index contributed by atoms with van der Waals surface area (Å²) in [5, 5.41) is 12.4. The van der Waals surface area contributed by atoms with Gasteiger partial charge in [-0.1, -0.05) is 12.1 Å². The molecule has 2 bridgehead atoms. The van der Waals surface area contributed by atoms with Crippen molar-refractivity contribution < 1.29 is 14.6 Å². The summed E-state index contributed by atoms with van der Waals surface area (Å²) in [5.74, 6) is 2.79. The van der Waals surface area contributed by atoms with Gasteiger partial charge in [0.05, 0.1) is 25.8 Å². The van der Waals surface area contributed by atoms with Crippen molar-refractivity contribution in [2.45, 2.75) is 30.9 Å². The molecule has 3 aromatic rings. The maximum absolute atomic E-state index is 11.4. The number of nitrogens with zero attached hydrogens (tertiary/aromatic N) is 2. The number of aliphatic hydroxyl groups is 1. The van der Waals surface area contributed by atoms with Gasteiger partial charge in [0.1, 0.15) is 11.5 Å². The van der Waals surface area contributed by atoms with Crippen LogP contribution in [0.3, 0.4) is 0 Å². The minimum atomic E-state index is -0.540. The van der Waals surface area contributed by atoms with Gasteiger partial charge < -0.3 is 14.6 Å². The highest BCUT2D eigenvalue weighted by Gasteiger charge is 2.43. The van der Waals surface area contributed by atoms with Crippen molar-refractivity contribution in [1.82, 2.24) is 9.88 Å². The normalized spacial score (nSPS) is 26.5. The molecule has 0 radical (unpaired) electrons. The van der Waals surface area contributed by atoms with E-state index in [0.717, 1.165) is 47.5 Å². The molecule has 6 rings (SSSR count). The molecule has 30 heavy (non-hydrogen) atoms. The molecule has 5 atom stereocenters. The predicted octanol–water partition coefficient (Wildman–Crippen LogP) is 4.16. The van der Waals surface area contributed by atoms with Gasteiger partial charge in [-0.05, 0) is 78.7 Å². The third kappa shape index (κ3) is 3.32. The molecule has 1 N–H and O–H groups in total. The van der Waals surface area contributed by atoms with Gasteiger partial charge in [-0.15, -0.1) is 0 Å². The Morgan fingerprint density at radius 3 is 2.50 bits per heavy atom. The van der Waals surface area contributed by atoms with Crippen molar-refractivity contribution in [1.29, 1.82) is 0 Å². The van der Waals surface area contributed by atoms with E-state index in [2.05, 4.69) is 34.1 Å². The Bertz CT molecular complexity index is 1040. The number of fused-ring (bicyclic) bond motifs is 4. The highest BCUT2D eigenvalue weighted by Crippen LogP contribution is 2.45. The van der Waals surface area contributed by atoms with E-state index in [4.69, 9.17) is 9.47 Å². The molecular formula is C25H28N2O3. The first-order valence-corrected chi connectivity index (χ1v) is 10.7. The van der Waals surface area contributed by atoms with Gasteiger partial charge in [0.15, 0.2) is 0 Å². The van der Waals surface area contributed by atoms with Gasteiger partial charge in [0.25, 0.3) is 0 Å². The van der Waals surface area contributed by atoms with Gasteiger partial charge in [-0.3, -0.25) is 9.88 Å². The van der Waals surface area contributed by atoms with Gasteiger partial charge in [0.2, 0.25) is 0 Å².